The molecule has 2 aliphatic rings. The van der Waals surface area contributed by atoms with E-state index in [-0.39, 0.29) is 31.0 Å². The van der Waals surface area contributed by atoms with Gasteiger partial charge in [0, 0.05) is 25.8 Å². The number of nitrogens with zero attached hydrogens (tertiary/aromatic N) is 1. The van der Waals surface area contributed by atoms with Crippen molar-refractivity contribution in [3.05, 3.63) is 59.2 Å². The normalized spacial score (nSPS) is 19.7. The Balaban J connectivity index is 1.48. The van der Waals surface area contributed by atoms with Crippen LogP contribution >= 0.6 is 0 Å². The fourth-order valence-electron chi connectivity index (χ4n) is 4.33. The maximum atomic E-state index is 10.6. The minimum atomic E-state index is -0.932. The molecule has 0 aromatic heterocycles. The number of nitrogens with one attached hydrogen (secondary N) is 1. The van der Waals surface area contributed by atoms with Gasteiger partial charge in [-0.3, -0.25) is 0 Å². The molecule has 0 amide bonds. The Morgan fingerprint density at radius 2 is 2.05 bits per heavy atom. The lowest BCUT2D eigenvalue weighted by atomic mass is 10.0. The lowest BCUT2D eigenvalue weighted by Gasteiger charge is -2.24. The van der Waals surface area contributed by atoms with E-state index in [1.807, 2.05) is 18.2 Å². The summed E-state index contributed by atoms with van der Waals surface area (Å²) < 4.78 is 11.8. The van der Waals surface area contributed by atoms with Crippen molar-refractivity contribution >= 4 is 6.21 Å². The third-order valence-electron chi connectivity index (χ3n) is 6.61. The number of benzene rings is 1. The fourth-order valence-corrected chi connectivity index (χ4v) is 4.33. The van der Waals surface area contributed by atoms with Crippen LogP contribution in [0, 0.1) is 18.1 Å². The lowest BCUT2D eigenvalue weighted by molar-refractivity contribution is 0.103. The Labute approximate surface area is 220 Å². The summed E-state index contributed by atoms with van der Waals surface area (Å²) in [6.45, 7) is 7.13. The van der Waals surface area contributed by atoms with Crippen LogP contribution in [0.4, 0.5) is 0 Å². The van der Waals surface area contributed by atoms with Gasteiger partial charge in [0.2, 0.25) is 0 Å². The van der Waals surface area contributed by atoms with Crippen molar-refractivity contribution in [1.82, 2.24) is 5.32 Å². The first-order valence-electron chi connectivity index (χ1n) is 13.3. The summed E-state index contributed by atoms with van der Waals surface area (Å²) in [7, 11) is 0. The van der Waals surface area contributed by atoms with Gasteiger partial charge < -0.3 is 35.2 Å². The number of aryl methyl sites for hydroxylation is 1. The van der Waals surface area contributed by atoms with Crippen LogP contribution in [0.15, 0.2) is 46.5 Å². The van der Waals surface area contributed by atoms with Gasteiger partial charge in [0.1, 0.15) is 12.2 Å². The van der Waals surface area contributed by atoms with Crippen LogP contribution in [0.25, 0.3) is 0 Å². The van der Waals surface area contributed by atoms with Gasteiger partial charge in [-0.05, 0) is 44.4 Å². The van der Waals surface area contributed by atoms with E-state index in [0.29, 0.717) is 37.7 Å². The summed E-state index contributed by atoms with van der Waals surface area (Å²) >= 11 is 0. The van der Waals surface area contributed by atoms with E-state index in [9.17, 15) is 20.4 Å². The third kappa shape index (κ3) is 8.79. The summed E-state index contributed by atoms with van der Waals surface area (Å²) in [5, 5.41) is 43.1. The van der Waals surface area contributed by atoms with E-state index in [2.05, 4.69) is 24.2 Å². The molecule has 2 aliphatic heterocycles. The highest BCUT2D eigenvalue weighted by Crippen LogP contribution is 2.33. The second-order valence-electron chi connectivity index (χ2n) is 9.96. The van der Waals surface area contributed by atoms with Crippen LogP contribution in [0.3, 0.4) is 0 Å². The summed E-state index contributed by atoms with van der Waals surface area (Å²) in [5.41, 5.74) is 2.91. The zero-order chi connectivity index (χ0) is 26.8. The van der Waals surface area contributed by atoms with Gasteiger partial charge >= 0.3 is 0 Å². The van der Waals surface area contributed by atoms with Crippen LogP contribution < -0.4 is 10.1 Å². The quantitative estimate of drug-likeness (QED) is 0.215. The molecule has 8 nitrogen and oxygen atoms in total. The van der Waals surface area contributed by atoms with E-state index in [0.717, 1.165) is 42.1 Å². The Morgan fingerprint density at radius 3 is 2.78 bits per heavy atom. The van der Waals surface area contributed by atoms with E-state index in [1.165, 1.54) is 0 Å². The van der Waals surface area contributed by atoms with Gasteiger partial charge in [0.15, 0.2) is 29.9 Å². The summed E-state index contributed by atoms with van der Waals surface area (Å²) in [6, 6.07) is 5.74. The molecule has 8 heteroatoms. The Bertz CT molecular complexity index is 944. The standard InChI is InChI=1S/C29H42N2O6/c1-4-5-6-28-23(17-32)12-24(37-28)9-7-21-8-10-26(34)29(11-21)36-18-27(35)25-13-22(16-31-25)19(2)14-30-15-20(3)33/h8,10-13,16,19-20,27-28,30,32-35H,4-7,9,14-15,17-18H2,1-3H3/t19-,20+,27+,28?/m1/s1. The van der Waals surface area contributed by atoms with Crippen LogP contribution in [-0.4, -0.2) is 71.3 Å². The average molecular weight is 515 g/mol. The van der Waals surface area contributed by atoms with Gasteiger partial charge in [-0.2, -0.15) is 11.6 Å². The van der Waals surface area contributed by atoms with Crippen molar-refractivity contribution in [2.24, 2.45) is 10.9 Å². The van der Waals surface area contributed by atoms with Crippen molar-refractivity contribution in [2.45, 2.75) is 71.2 Å². The molecule has 0 saturated carbocycles. The predicted molar refractivity (Wildman–Crippen MR) is 144 cm³/mol. The highest BCUT2D eigenvalue weighted by atomic mass is 16.5. The molecule has 0 radical (unpaired) electrons. The number of aliphatic hydroxyl groups excluding tert-OH is 3. The first-order chi connectivity index (χ1) is 17.8. The smallest absolute Gasteiger partial charge is 0.181 e. The number of hydrogen-bond donors (Lipinski definition) is 5. The molecular formula is C29H42N2O6. The zero-order valence-electron chi connectivity index (χ0n) is 22.2. The molecule has 204 valence electrons. The number of aliphatic imine (C=N–C) groups is 1. The summed E-state index contributed by atoms with van der Waals surface area (Å²) in [5.74, 6) is 0.501. The fraction of sp³-hybridized carbons (Fsp3) is 0.552. The molecule has 0 fully saturated rings. The molecule has 0 aliphatic carbocycles. The summed E-state index contributed by atoms with van der Waals surface area (Å²) in [6.07, 6.45) is 9.50. The number of hydrogen-bond acceptors (Lipinski definition) is 8. The van der Waals surface area contributed by atoms with Crippen molar-refractivity contribution < 1.29 is 29.9 Å². The maximum Gasteiger partial charge on any atom is 0.181 e. The van der Waals surface area contributed by atoms with Crippen LogP contribution in [0.5, 0.6) is 11.5 Å². The van der Waals surface area contributed by atoms with E-state index >= 15 is 0 Å². The van der Waals surface area contributed by atoms with Crippen molar-refractivity contribution in [2.75, 3.05) is 26.3 Å². The second-order valence-corrected chi connectivity index (χ2v) is 9.96. The first-order valence-corrected chi connectivity index (χ1v) is 13.3. The Hall–Kier alpha value is -2.49. The second kappa shape index (κ2) is 14.4. The number of rotatable bonds is 16. The number of phenolic OH excluding ortho intramolecular Hbond substituents is 1. The van der Waals surface area contributed by atoms with Crippen LogP contribution in [0.1, 0.15) is 52.0 Å². The highest BCUT2D eigenvalue weighted by molar-refractivity contribution is 5.84. The molecule has 1 aromatic rings. The van der Waals surface area contributed by atoms with Crippen molar-refractivity contribution in [1.29, 1.82) is 0 Å². The third-order valence-corrected chi connectivity index (χ3v) is 6.61. The predicted octanol–water partition coefficient (Wildman–Crippen LogP) is 3.25. The molecule has 0 spiro atoms. The van der Waals surface area contributed by atoms with Crippen molar-refractivity contribution in [3.8, 4) is 11.5 Å². The highest BCUT2D eigenvalue weighted by Gasteiger charge is 2.31. The molecule has 0 bridgehead atoms. The minimum Gasteiger partial charge on any atom is -0.504 e. The summed E-state index contributed by atoms with van der Waals surface area (Å²) in [4.78, 5) is 4.33. The molecule has 1 unspecified atom stereocenters. The van der Waals surface area contributed by atoms with Gasteiger partial charge in [-0.25, -0.2) is 0 Å². The number of phenols is 1. The van der Waals surface area contributed by atoms with Gasteiger partial charge in [-0.15, -0.1) is 4.99 Å². The average Bonchev–Trinajstić information content (AvgIpc) is 3.53. The van der Waals surface area contributed by atoms with Gasteiger partial charge in [-0.1, -0.05) is 38.4 Å². The molecule has 3 rings (SSSR count). The maximum absolute atomic E-state index is 10.6. The number of unbranched alkanes of at least 4 members (excludes halogenated alkanes) is 1. The lowest BCUT2D eigenvalue weighted by Crippen LogP contribution is -2.29. The molecule has 37 heavy (non-hydrogen) atoms. The van der Waals surface area contributed by atoms with E-state index < -0.39 is 12.2 Å². The number of ether oxygens (including phenoxy) is 2. The van der Waals surface area contributed by atoms with Crippen LogP contribution in [-0.2, 0) is 11.2 Å². The Morgan fingerprint density at radius 1 is 1.24 bits per heavy atom. The zero-order valence-corrected chi connectivity index (χ0v) is 22.2. The number of aromatic hydroxyl groups is 1. The SMILES string of the molecule is CCCCC1O[C-](CCc2ccc(O)c(OC[C@H](O)[C+]3C=C([C@H](C)CNC[C@H](C)O)C=N3)c2)C=C1CO. The van der Waals surface area contributed by atoms with Gasteiger partial charge in [0.05, 0.1) is 18.1 Å². The molecule has 5 N–H and O–H groups in total. The molecule has 4 atom stereocenters. The minimum absolute atomic E-state index is 0.00985. The molecule has 1 aromatic carbocycles. The van der Waals surface area contributed by atoms with Gasteiger partial charge in [0.25, 0.3) is 0 Å². The number of aliphatic hydroxyl groups is 3. The van der Waals surface area contributed by atoms with E-state index in [4.69, 9.17) is 9.47 Å². The topological polar surface area (TPSA) is 124 Å². The molecular weight excluding hydrogens is 472 g/mol. The van der Waals surface area contributed by atoms with Crippen molar-refractivity contribution in [3.63, 3.8) is 0 Å². The molecule has 0 saturated heterocycles. The first kappa shape index (κ1) is 29.1. The molecule has 2 heterocycles. The monoisotopic (exact) mass is 514 g/mol. The van der Waals surface area contributed by atoms with Crippen LogP contribution in [0.2, 0.25) is 0 Å². The Kier molecular flexibility index (Phi) is 11.4. The van der Waals surface area contributed by atoms with E-state index in [1.54, 1.807) is 25.3 Å². The largest absolute Gasteiger partial charge is 0.504 e.